The highest BCUT2D eigenvalue weighted by Gasteiger charge is 2.13. The summed E-state index contributed by atoms with van der Waals surface area (Å²) in [7, 11) is 1.58. The van der Waals surface area contributed by atoms with E-state index in [2.05, 4.69) is 31.9 Å². The van der Waals surface area contributed by atoms with Crippen molar-refractivity contribution in [2.24, 2.45) is 0 Å². The number of alkyl halides is 1. The van der Waals surface area contributed by atoms with Crippen LogP contribution in [0.15, 0.2) is 22.7 Å². The van der Waals surface area contributed by atoms with Crippen molar-refractivity contribution in [2.75, 3.05) is 7.11 Å². The van der Waals surface area contributed by atoms with Crippen molar-refractivity contribution < 1.29 is 9.53 Å². The van der Waals surface area contributed by atoms with Crippen molar-refractivity contribution in [1.29, 1.82) is 0 Å². The summed E-state index contributed by atoms with van der Waals surface area (Å²) in [6.07, 6.45) is 0. The van der Waals surface area contributed by atoms with Crippen molar-refractivity contribution >= 4 is 37.6 Å². The first kappa shape index (κ1) is 11.7. The summed E-state index contributed by atoms with van der Waals surface area (Å²) in [4.78, 5) is 11.4. The van der Waals surface area contributed by atoms with E-state index in [1.165, 1.54) is 0 Å². The molecule has 0 saturated carbocycles. The zero-order valence-corrected chi connectivity index (χ0v) is 11.1. The Balaban J connectivity index is 3.06. The number of hydrogen-bond donors (Lipinski definition) is 0. The normalized spacial score (nSPS) is 12.3. The number of carbonyl (C=O) groups excluding carboxylic acids is 1. The summed E-state index contributed by atoms with van der Waals surface area (Å²) in [6.45, 7) is 1.80. The minimum atomic E-state index is -0.173. The highest BCUT2D eigenvalue weighted by Crippen LogP contribution is 2.26. The summed E-state index contributed by atoms with van der Waals surface area (Å²) in [5, 5.41) is 0. The highest BCUT2D eigenvalue weighted by molar-refractivity contribution is 9.10. The summed E-state index contributed by atoms with van der Waals surface area (Å²) in [5.74, 6) is 0.722. The van der Waals surface area contributed by atoms with Crippen molar-refractivity contribution in [3.05, 3.63) is 28.2 Å². The van der Waals surface area contributed by atoms with Crippen LogP contribution in [0.5, 0.6) is 5.75 Å². The average molecular weight is 322 g/mol. The first-order valence-electron chi connectivity index (χ1n) is 4.08. The Labute approximate surface area is 99.9 Å². The third kappa shape index (κ3) is 2.58. The quantitative estimate of drug-likeness (QED) is 0.630. The second-order valence-electron chi connectivity index (χ2n) is 2.83. The molecule has 0 heterocycles. The third-order valence-electron chi connectivity index (χ3n) is 1.80. The summed E-state index contributed by atoms with van der Waals surface area (Å²) >= 11 is 6.57. The Hall–Kier alpha value is -0.350. The lowest BCUT2D eigenvalue weighted by Gasteiger charge is -2.06. The predicted octanol–water partition coefficient (Wildman–Crippen LogP) is 3.42. The van der Waals surface area contributed by atoms with Crippen LogP contribution in [0.25, 0.3) is 0 Å². The number of rotatable bonds is 3. The van der Waals surface area contributed by atoms with Crippen LogP contribution >= 0.6 is 31.9 Å². The van der Waals surface area contributed by atoms with Gasteiger partial charge in [-0.25, -0.2) is 0 Å². The molecule has 0 aliphatic rings. The number of benzene rings is 1. The van der Waals surface area contributed by atoms with Gasteiger partial charge in [-0.2, -0.15) is 0 Å². The number of ketones is 1. The molecular weight excluding hydrogens is 312 g/mol. The van der Waals surface area contributed by atoms with Crippen LogP contribution < -0.4 is 4.74 Å². The molecule has 1 atom stereocenters. The Kier molecular flexibility index (Phi) is 4.13. The van der Waals surface area contributed by atoms with E-state index < -0.39 is 0 Å². The van der Waals surface area contributed by atoms with Gasteiger partial charge in [0, 0.05) is 5.56 Å². The number of halogens is 2. The van der Waals surface area contributed by atoms with Crippen LogP contribution in [0.3, 0.4) is 0 Å². The molecule has 1 unspecified atom stereocenters. The van der Waals surface area contributed by atoms with Gasteiger partial charge < -0.3 is 4.74 Å². The van der Waals surface area contributed by atoms with Crippen LogP contribution in [0, 0.1) is 0 Å². The molecule has 0 aliphatic carbocycles. The SMILES string of the molecule is COc1cc(C(=O)C(C)Br)ccc1Br. The van der Waals surface area contributed by atoms with E-state index in [-0.39, 0.29) is 10.6 Å². The minimum Gasteiger partial charge on any atom is -0.496 e. The van der Waals surface area contributed by atoms with Gasteiger partial charge >= 0.3 is 0 Å². The molecule has 2 nitrogen and oxygen atoms in total. The molecule has 0 radical (unpaired) electrons. The molecule has 76 valence electrons. The van der Waals surface area contributed by atoms with E-state index in [4.69, 9.17) is 4.74 Å². The zero-order chi connectivity index (χ0) is 10.7. The van der Waals surface area contributed by atoms with Gasteiger partial charge in [0.2, 0.25) is 0 Å². The molecule has 1 aromatic rings. The molecule has 0 bridgehead atoms. The summed E-state index contributed by atoms with van der Waals surface area (Å²) in [5.41, 5.74) is 0.648. The Morgan fingerprint density at radius 3 is 2.64 bits per heavy atom. The molecule has 0 spiro atoms. The minimum absolute atomic E-state index is 0.0517. The predicted molar refractivity (Wildman–Crippen MR) is 63.4 cm³/mol. The molecule has 0 fully saturated rings. The monoisotopic (exact) mass is 320 g/mol. The van der Waals surface area contributed by atoms with Crippen molar-refractivity contribution in [3.8, 4) is 5.75 Å². The van der Waals surface area contributed by atoms with E-state index in [0.29, 0.717) is 11.3 Å². The van der Waals surface area contributed by atoms with Gasteiger partial charge in [-0.1, -0.05) is 15.9 Å². The third-order valence-corrected chi connectivity index (χ3v) is 2.87. The van der Waals surface area contributed by atoms with Crippen LogP contribution in [-0.2, 0) is 0 Å². The number of Topliss-reactive ketones (excluding diaryl/α,β-unsaturated/α-hetero) is 1. The lowest BCUT2D eigenvalue weighted by Crippen LogP contribution is -2.09. The number of methoxy groups -OCH3 is 1. The van der Waals surface area contributed by atoms with Crippen LogP contribution in [-0.4, -0.2) is 17.7 Å². The molecule has 0 N–H and O–H groups in total. The van der Waals surface area contributed by atoms with Crippen LogP contribution in [0.2, 0.25) is 0 Å². The smallest absolute Gasteiger partial charge is 0.176 e. The average Bonchev–Trinajstić information content (AvgIpc) is 2.17. The van der Waals surface area contributed by atoms with Crippen molar-refractivity contribution in [3.63, 3.8) is 0 Å². The number of carbonyl (C=O) groups is 1. The molecule has 0 aliphatic heterocycles. The van der Waals surface area contributed by atoms with E-state index in [1.807, 2.05) is 0 Å². The standard InChI is InChI=1S/C10H10Br2O2/c1-6(11)10(13)7-3-4-8(12)9(5-7)14-2/h3-6H,1-2H3. The van der Waals surface area contributed by atoms with Gasteiger partial charge in [-0.15, -0.1) is 0 Å². The van der Waals surface area contributed by atoms with Gasteiger partial charge in [0.1, 0.15) is 5.75 Å². The fraction of sp³-hybridized carbons (Fsp3) is 0.300. The van der Waals surface area contributed by atoms with E-state index in [1.54, 1.807) is 32.2 Å². The molecule has 1 rings (SSSR count). The lowest BCUT2D eigenvalue weighted by atomic mass is 10.1. The maximum absolute atomic E-state index is 11.6. The number of ether oxygens (including phenoxy) is 1. The fourth-order valence-electron chi connectivity index (χ4n) is 1.04. The molecule has 1 aromatic carbocycles. The first-order valence-corrected chi connectivity index (χ1v) is 5.79. The van der Waals surface area contributed by atoms with Gasteiger partial charge in [-0.3, -0.25) is 4.79 Å². The van der Waals surface area contributed by atoms with Gasteiger partial charge in [0.15, 0.2) is 5.78 Å². The van der Waals surface area contributed by atoms with Gasteiger partial charge in [0.05, 0.1) is 16.4 Å². The topological polar surface area (TPSA) is 26.3 Å². The zero-order valence-electron chi connectivity index (χ0n) is 7.88. The molecule has 0 amide bonds. The largest absolute Gasteiger partial charge is 0.496 e. The molecule has 4 heteroatoms. The van der Waals surface area contributed by atoms with E-state index in [0.717, 1.165) is 4.47 Å². The maximum atomic E-state index is 11.6. The Bertz CT molecular complexity index is 348. The molecule has 0 saturated heterocycles. The lowest BCUT2D eigenvalue weighted by molar-refractivity contribution is 0.0995. The van der Waals surface area contributed by atoms with Crippen LogP contribution in [0.1, 0.15) is 17.3 Å². The van der Waals surface area contributed by atoms with Gasteiger partial charge in [-0.05, 0) is 41.1 Å². The molecule has 0 aromatic heterocycles. The summed E-state index contributed by atoms with van der Waals surface area (Å²) in [6, 6.07) is 5.30. The number of hydrogen-bond acceptors (Lipinski definition) is 2. The Morgan fingerprint density at radius 1 is 1.50 bits per heavy atom. The fourth-order valence-corrected chi connectivity index (χ4v) is 1.72. The van der Waals surface area contributed by atoms with E-state index >= 15 is 0 Å². The van der Waals surface area contributed by atoms with Gasteiger partial charge in [0.25, 0.3) is 0 Å². The second-order valence-corrected chi connectivity index (χ2v) is 5.06. The van der Waals surface area contributed by atoms with E-state index in [9.17, 15) is 4.79 Å². The first-order chi connectivity index (χ1) is 6.56. The summed E-state index contributed by atoms with van der Waals surface area (Å²) < 4.78 is 5.95. The van der Waals surface area contributed by atoms with Crippen molar-refractivity contribution in [2.45, 2.75) is 11.8 Å². The molecular formula is C10H10Br2O2. The second kappa shape index (κ2) is 4.94. The highest BCUT2D eigenvalue weighted by atomic mass is 79.9. The Morgan fingerprint density at radius 2 is 2.14 bits per heavy atom. The maximum Gasteiger partial charge on any atom is 0.176 e. The molecule has 14 heavy (non-hydrogen) atoms. The van der Waals surface area contributed by atoms with Crippen LogP contribution in [0.4, 0.5) is 0 Å². The van der Waals surface area contributed by atoms with Crippen molar-refractivity contribution in [1.82, 2.24) is 0 Å².